The molecule has 3 aromatic rings. The summed E-state index contributed by atoms with van der Waals surface area (Å²) < 4.78 is 5.78. The molecule has 1 unspecified atom stereocenters. The Kier molecular flexibility index (Phi) is 4.77. The molecule has 0 bridgehead atoms. The van der Waals surface area contributed by atoms with Crippen LogP contribution in [0.4, 0.5) is 0 Å². The van der Waals surface area contributed by atoms with Crippen LogP contribution in [0.25, 0.3) is 10.6 Å². The average molecular weight is 377 g/mol. The van der Waals surface area contributed by atoms with Gasteiger partial charge >= 0.3 is 0 Å². The fourth-order valence-electron chi connectivity index (χ4n) is 2.90. The van der Waals surface area contributed by atoms with Crippen LogP contribution in [0, 0.1) is 11.3 Å². The van der Waals surface area contributed by atoms with E-state index >= 15 is 0 Å². The Hall–Kier alpha value is -3.31. The number of nitriles is 1. The Morgan fingerprint density at radius 3 is 2.89 bits per heavy atom. The molecule has 1 fully saturated rings. The van der Waals surface area contributed by atoms with E-state index in [0.717, 1.165) is 10.6 Å². The highest BCUT2D eigenvalue weighted by Crippen LogP contribution is 2.25. The number of amides is 1. The minimum atomic E-state index is -0.218. The highest BCUT2D eigenvalue weighted by molar-refractivity contribution is 7.13. The quantitative estimate of drug-likeness (QED) is 0.694. The Morgan fingerprint density at radius 1 is 1.26 bits per heavy atom. The number of ether oxygens (including phenoxy) is 1. The molecule has 8 heteroatoms. The zero-order valence-corrected chi connectivity index (χ0v) is 15.1. The van der Waals surface area contributed by atoms with Gasteiger partial charge in [-0.05, 0) is 0 Å². The molecule has 1 aliphatic rings. The second kappa shape index (κ2) is 7.51. The lowest BCUT2D eigenvalue weighted by atomic mass is 10.2. The summed E-state index contributed by atoms with van der Waals surface area (Å²) in [4.78, 5) is 26.9. The van der Waals surface area contributed by atoms with E-state index in [4.69, 9.17) is 10.00 Å². The predicted octanol–water partition coefficient (Wildman–Crippen LogP) is 2.77. The first-order chi connectivity index (χ1) is 13.2. The van der Waals surface area contributed by atoms with Crippen LogP contribution in [0.15, 0.2) is 48.1 Å². The molecule has 4 rings (SSSR count). The smallest absolute Gasteiger partial charge is 0.273 e. The topological polar surface area (TPSA) is 92.0 Å². The maximum absolute atomic E-state index is 12.7. The SMILES string of the molecule is N#Cc1nccnc1OC1CCN(C(=O)c2csc(-c3ccccc3)n2)C1. The molecule has 27 heavy (non-hydrogen) atoms. The van der Waals surface area contributed by atoms with Crippen LogP contribution in [0.5, 0.6) is 5.88 Å². The number of carbonyl (C=O) groups excluding carboxylic acids is 1. The first kappa shape index (κ1) is 17.1. The van der Waals surface area contributed by atoms with Crippen molar-refractivity contribution in [2.45, 2.75) is 12.5 Å². The summed E-state index contributed by atoms with van der Waals surface area (Å²) >= 11 is 1.45. The third-order valence-electron chi connectivity index (χ3n) is 4.23. The summed E-state index contributed by atoms with van der Waals surface area (Å²) in [6.45, 7) is 1.00. The molecule has 1 amide bonds. The van der Waals surface area contributed by atoms with Gasteiger partial charge in [0.05, 0.1) is 6.54 Å². The van der Waals surface area contributed by atoms with E-state index < -0.39 is 0 Å². The van der Waals surface area contributed by atoms with Gasteiger partial charge in [-0.15, -0.1) is 11.3 Å². The standard InChI is InChI=1S/C19H15N5O2S/c20-10-15-17(22-8-7-21-15)26-14-6-9-24(11-14)19(25)16-12-27-18(23-16)13-4-2-1-3-5-13/h1-5,7-8,12,14H,6,9,11H2. The van der Waals surface area contributed by atoms with Crippen LogP contribution in [0.1, 0.15) is 22.6 Å². The summed E-state index contributed by atoms with van der Waals surface area (Å²) in [6.07, 6.45) is 3.38. The van der Waals surface area contributed by atoms with Crippen molar-refractivity contribution in [1.82, 2.24) is 19.9 Å². The molecular weight excluding hydrogens is 362 g/mol. The van der Waals surface area contributed by atoms with Crippen molar-refractivity contribution in [2.24, 2.45) is 0 Å². The van der Waals surface area contributed by atoms with Gasteiger partial charge in [0.15, 0.2) is 0 Å². The lowest BCUT2D eigenvalue weighted by Gasteiger charge is -2.16. The van der Waals surface area contributed by atoms with Crippen molar-refractivity contribution in [1.29, 1.82) is 5.26 Å². The number of rotatable bonds is 4. The molecule has 1 aliphatic heterocycles. The highest BCUT2D eigenvalue weighted by Gasteiger charge is 2.30. The van der Waals surface area contributed by atoms with Crippen molar-refractivity contribution in [3.8, 4) is 22.5 Å². The summed E-state index contributed by atoms with van der Waals surface area (Å²) in [5, 5.41) is 11.7. The molecule has 0 N–H and O–H groups in total. The zero-order chi connectivity index (χ0) is 18.6. The van der Waals surface area contributed by atoms with Crippen LogP contribution in [-0.4, -0.2) is 45.0 Å². The van der Waals surface area contributed by atoms with E-state index in [1.807, 2.05) is 36.4 Å². The number of aromatic nitrogens is 3. The van der Waals surface area contributed by atoms with E-state index in [2.05, 4.69) is 15.0 Å². The van der Waals surface area contributed by atoms with Crippen molar-refractivity contribution >= 4 is 17.2 Å². The molecule has 3 heterocycles. The Morgan fingerprint density at radius 2 is 2.07 bits per heavy atom. The molecular formula is C19H15N5O2S. The Bertz CT molecular complexity index is 999. The normalized spacial score (nSPS) is 16.1. The number of hydrogen-bond donors (Lipinski definition) is 0. The van der Waals surface area contributed by atoms with Crippen LogP contribution in [0.2, 0.25) is 0 Å². The fraction of sp³-hybridized carbons (Fsp3) is 0.211. The second-order valence-corrected chi connectivity index (χ2v) is 6.86. The maximum Gasteiger partial charge on any atom is 0.273 e. The minimum absolute atomic E-state index is 0.112. The number of likely N-dealkylation sites (tertiary alicyclic amines) is 1. The summed E-state index contributed by atoms with van der Waals surface area (Å²) in [5.74, 6) is 0.0958. The minimum Gasteiger partial charge on any atom is -0.470 e. The van der Waals surface area contributed by atoms with E-state index in [1.165, 1.54) is 23.7 Å². The molecule has 1 saturated heterocycles. The second-order valence-electron chi connectivity index (χ2n) is 6.01. The Balaban J connectivity index is 1.43. The molecule has 134 valence electrons. The van der Waals surface area contributed by atoms with Crippen molar-refractivity contribution in [3.63, 3.8) is 0 Å². The van der Waals surface area contributed by atoms with E-state index in [-0.39, 0.29) is 23.6 Å². The third kappa shape index (κ3) is 3.64. The number of thiazole rings is 1. The van der Waals surface area contributed by atoms with Gasteiger partial charge in [-0.25, -0.2) is 15.0 Å². The van der Waals surface area contributed by atoms with Gasteiger partial charge in [0, 0.05) is 36.3 Å². The van der Waals surface area contributed by atoms with Crippen LogP contribution >= 0.6 is 11.3 Å². The lowest BCUT2D eigenvalue weighted by Crippen LogP contribution is -2.31. The average Bonchev–Trinajstić information content (AvgIpc) is 3.39. The van der Waals surface area contributed by atoms with Crippen LogP contribution in [-0.2, 0) is 0 Å². The predicted molar refractivity (Wildman–Crippen MR) is 99.2 cm³/mol. The molecule has 0 aliphatic carbocycles. The zero-order valence-electron chi connectivity index (χ0n) is 14.3. The number of carbonyl (C=O) groups is 1. The molecule has 0 radical (unpaired) electrons. The number of hydrogen-bond acceptors (Lipinski definition) is 7. The van der Waals surface area contributed by atoms with Crippen LogP contribution in [0.3, 0.4) is 0 Å². The molecule has 0 saturated carbocycles. The van der Waals surface area contributed by atoms with Crippen molar-refractivity contribution < 1.29 is 9.53 Å². The summed E-state index contributed by atoms with van der Waals surface area (Å²) in [5.41, 5.74) is 1.59. The van der Waals surface area contributed by atoms with Crippen LogP contribution < -0.4 is 4.74 Å². The monoisotopic (exact) mass is 377 g/mol. The van der Waals surface area contributed by atoms with E-state index in [0.29, 0.717) is 25.2 Å². The van der Waals surface area contributed by atoms with Gasteiger partial charge in [0.25, 0.3) is 11.8 Å². The van der Waals surface area contributed by atoms with Gasteiger partial charge in [-0.3, -0.25) is 4.79 Å². The molecule has 1 atom stereocenters. The van der Waals surface area contributed by atoms with Gasteiger partial charge in [-0.2, -0.15) is 5.26 Å². The van der Waals surface area contributed by atoms with Crippen molar-refractivity contribution in [2.75, 3.05) is 13.1 Å². The van der Waals surface area contributed by atoms with Gasteiger partial charge in [0.1, 0.15) is 22.9 Å². The number of nitrogens with zero attached hydrogens (tertiary/aromatic N) is 5. The molecule has 2 aromatic heterocycles. The first-order valence-electron chi connectivity index (χ1n) is 8.42. The van der Waals surface area contributed by atoms with Gasteiger partial charge in [0.2, 0.25) is 5.69 Å². The first-order valence-corrected chi connectivity index (χ1v) is 9.30. The van der Waals surface area contributed by atoms with Gasteiger partial charge in [-0.1, -0.05) is 30.3 Å². The molecule has 0 spiro atoms. The third-order valence-corrected chi connectivity index (χ3v) is 5.12. The van der Waals surface area contributed by atoms with Gasteiger partial charge < -0.3 is 9.64 Å². The summed E-state index contributed by atoms with van der Waals surface area (Å²) in [7, 11) is 0. The Labute approximate surface area is 159 Å². The van der Waals surface area contributed by atoms with E-state index in [1.54, 1.807) is 10.3 Å². The van der Waals surface area contributed by atoms with Crippen molar-refractivity contribution in [3.05, 3.63) is 59.5 Å². The number of benzene rings is 1. The highest BCUT2D eigenvalue weighted by atomic mass is 32.1. The molecule has 1 aromatic carbocycles. The van der Waals surface area contributed by atoms with E-state index in [9.17, 15) is 4.79 Å². The molecule has 7 nitrogen and oxygen atoms in total. The maximum atomic E-state index is 12.7. The fourth-order valence-corrected chi connectivity index (χ4v) is 3.70. The largest absolute Gasteiger partial charge is 0.470 e. The lowest BCUT2D eigenvalue weighted by molar-refractivity contribution is 0.0766. The summed E-state index contributed by atoms with van der Waals surface area (Å²) in [6, 6.07) is 11.7.